The Morgan fingerprint density at radius 1 is 1.03 bits per heavy atom. The number of benzene rings is 1. The number of thiophene rings is 1. The van der Waals surface area contributed by atoms with Gasteiger partial charge in [0.2, 0.25) is 0 Å². The molecule has 0 aliphatic heterocycles. The van der Waals surface area contributed by atoms with Crippen LogP contribution in [0.4, 0.5) is 0 Å². The second kappa shape index (κ2) is 10.3. The Morgan fingerprint density at radius 3 is 2.58 bits per heavy atom. The van der Waals surface area contributed by atoms with Crippen LogP contribution in [-0.2, 0) is 0 Å². The highest BCUT2D eigenvalue weighted by molar-refractivity contribution is 7.16. The first kappa shape index (κ1) is 24.3. The predicted molar refractivity (Wildman–Crippen MR) is 142 cm³/mol. The zero-order valence-corrected chi connectivity index (χ0v) is 21.4. The number of nitrogens with zero attached hydrogens (tertiary/aromatic N) is 3. The summed E-state index contributed by atoms with van der Waals surface area (Å²) in [6.45, 7) is 3.40. The van der Waals surface area contributed by atoms with Gasteiger partial charge < -0.3 is 4.57 Å². The largest absolute Gasteiger partial charge is 0.320 e. The molecule has 0 saturated heterocycles. The summed E-state index contributed by atoms with van der Waals surface area (Å²) in [7, 11) is 0. The van der Waals surface area contributed by atoms with Gasteiger partial charge in [0.1, 0.15) is 5.69 Å². The molecule has 6 nitrogen and oxygen atoms in total. The zero-order valence-electron chi connectivity index (χ0n) is 20.6. The Morgan fingerprint density at radius 2 is 1.86 bits per heavy atom. The quantitative estimate of drug-likeness (QED) is 0.245. The molecule has 3 aromatic heterocycles. The molecule has 7 heteroatoms. The normalized spacial score (nSPS) is 17.8. The number of carbonyl (C=O) groups excluding carboxylic acids is 3. The van der Waals surface area contributed by atoms with E-state index in [9.17, 15) is 14.4 Å². The van der Waals surface area contributed by atoms with Crippen LogP contribution in [0, 0.1) is 5.92 Å². The molecule has 3 heterocycles. The highest BCUT2D eigenvalue weighted by Gasteiger charge is 2.29. The molecule has 0 spiro atoms. The van der Waals surface area contributed by atoms with E-state index in [1.807, 2.05) is 43.3 Å². The lowest BCUT2D eigenvalue weighted by molar-refractivity contribution is 0.0944. The number of rotatable bonds is 8. The van der Waals surface area contributed by atoms with E-state index in [0.29, 0.717) is 28.2 Å². The molecular weight excluding hydrogens is 470 g/mol. The molecule has 1 aliphatic rings. The SMILES string of the molecule is CCC(=O)c1ccc2c(c1)nc(-c1ccccn1)n2[C@@H]1CCC[C@H](CC(=O)c2ccc(C(C)=O)s2)C1. The minimum absolute atomic E-state index is 0.00499. The third-order valence-corrected chi connectivity index (χ3v) is 8.28. The number of imidazole rings is 1. The van der Waals surface area contributed by atoms with Crippen LogP contribution < -0.4 is 0 Å². The van der Waals surface area contributed by atoms with E-state index in [2.05, 4.69) is 9.55 Å². The van der Waals surface area contributed by atoms with Crippen molar-refractivity contribution < 1.29 is 14.4 Å². The van der Waals surface area contributed by atoms with Crippen molar-refractivity contribution in [2.24, 2.45) is 5.92 Å². The van der Waals surface area contributed by atoms with Crippen molar-refractivity contribution in [3.05, 3.63) is 70.0 Å². The third kappa shape index (κ3) is 4.80. The number of aromatic nitrogens is 3. The number of hydrogen-bond donors (Lipinski definition) is 0. The topological polar surface area (TPSA) is 81.9 Å². The molecule has 0 amide bonds. The van der Waals surface area contributed by atoms with Gasteiger partial charge in [-0.2, -0.15) is 0 Å². The van der Waals surface area contributed by atoms with E-state index < -0.39 is 0 Å². The smallest absolute Gasteiger partial charge is 0.173 e. The summed E-state index contributed by atoms with van der Waals surface area (Å²) in [6.07, 6.45) is 6.61. The average molecular weight is 500 g/mol. The standard InChI is InChI=1S/C29H29N3O3S/c1-3-25(34)20-10-11-24-23(17-20)31-29(22-9-4-5-14-30-22)32(24)21-8-6-7-19(15-21)16-26(35)28-13-12-27(36-28)18(2)33/h4-5,9-14,17,19,21H,3,6-8,15-16H2,1-2H3/t19-,21+/m0/s1. The van der Waals surface area contributed by atoms with Crippen molar-refractivity contribution >= 4 is 39.7 Å². The summed E-state index contributed by atoms with van der Waals surface area (Å²) in [4.78, 5) is 47.8. The van der Waals surface area contributed by atoms with E-state index in [1.165, 1.54) is 18.3 Å². The van der Waals surface area contributed by atoms with Crippen molar-refractivity contribution in [2.45, 2.75) is 58.4 Å². The minimum Gasteiger partial charge on any atom is -0.320 e. The van der Waals surface area contributed by atoms with E-state index in [4.69, 9.17) is 4.98 Å². The molecule has 1 aromatic carbocycles. The molecule has 2 atom stereocenters. The number of hydrogen-bond acceptors (Lipinski definition) is 6. The summed E-state index contributed by atoms with van der Waals surface area (Å²) in [6, 6.07) is 15.3. The number of ketones is 3. The molecular formula is C29H29N3O3S. The van der Waals surface area contributed by atoms with E-state index in [0.717, 1.165) is 48.2 Å². The second-order valence-electron chi connectivity index (χ2n) is 9.53. The molecule has 5 rings (SSSR count). The van der Waals surface area contributed by atoms with Gasteiger partial charge in [-0.1, -0.05) is 19.4 Å². The molecule has 0 N–H and O–H groups in total. The third-order valence-electron chi connectivity index (χ3n) is 7.05. The van der Waals surface area contributed by atoms with Crippen LogP contribution in [-0.4, -0.2) is 31.9 Å². The Labute approximate surface area is 214 Å². The summed E-state index contributed by atoms with van der Waals surface area (Å²) in [5.41, 5.74) is 3.26. The predicted octanol–water partition coefficient (Wildman–Crippen LogP) is 6.96. The molecule has 184 valence electrons. The lowest BCUT2D eigenvalue weighted by Gasteiger charge is -2.31. The Kier molecular flexibility index (Phi) is 6.92. The van der Waals surface area contributed by atoms with Crippen molar-refractivity contribution in [1.29, 1.82) is 0 Å². The summed E-state index contributed by atoms with van der Waals surface area (Å²) in [5, 5.41) is 0. The van der Waals surface area contributed by atoms with E-state index >= 15 is 0 Å². The van der Waals surface area contributed by atoms with Gasteiger partial charge in [-0.15, -0.1) is 11.3 Å². The highest BCUT2D eigenvalue weighted by atomic mass is 32.1. The van der Waals surface area contributed by atoms with E-state index in [1.54, 1.807) is 18.3 Å². The fourth-order valence-corrected chi connectivity index (χ4v) is 6.09. The summed E-state index contributed by atoms with van der Waals surface area (Å²) in [5.74, 6) is 1.27. The van der Waals surface area contributed by atoms with Crippen molar-refractivity contribution in [2.75, 3.05) is 0 Å². The maximum absolute atomic E-state index is 13.0. The lowest BCUT2D eigenvalue weighted by atomic mass is 9.82. The number of fused-ring (bicyclic) bond motifs is 1. The van der Waals surface area contributed by atoms with Gasteiger partial charge in [0.25, 0.3) is 0 Å². The molecule has 36 heavy (non-hydrogen) atoms. The molecule has 4 aromatic rings. The van der Waals surface area contributed by atoms with Crippen LogP contribution in [0.3, 0.4) is 0 Å². The van der Waals surface area contributed by atoms with Gasteiger partial charge in [0.05, 0.1) is 20.8 Å². The minimum atomic E-state index is -0.00499. The van der Waals surface area contributed by atoms with Gasteiger partial charge in [-0.05, 0) is 74.6 Å². The highest BCUT2D eigenvalue weighted by Crippen LogP contribution is 2.39. The fraction of sp³-hybridized carbons (Fsp3) is 0.345. The van der Waals surface area contributed by atoms with Gasteiger partial charge in [0, 0.05) is 30.6 Å². The van der Waals surface area contributed by atoms with E-state index in [-0.39, 0.29) is 29.3 Å². The van der Waals surface area contributed by atoms with Gasteiger partial charge in [0.15, 0.2) is 23.2 Å². The Bertz CT molecular complexity index is 1440. The van der Waals surface area contributed by atoms with Crippen molar-refractivity contribution in [3.8, 4) is 11.5 Å². The van der Waals surface area contributed by atoms with Crippen molar-refractivity contribution in [1.82, 2.24) is 14.5 Å². The first-order valence-corrected chi connectivity index (χ1v) is 13.4. The number of carbonyl (C=O) groups is 3. The van der Waals surface area contributed by atoms with Crippen molar-refractivity contribution in [3.63, 3.8) is 0 Å². The molecule has 0 unspecified atom stereocenters. The zero-order chi connectivity index (χ0) is 25.2. The summed E-state index contributed by atoms with van der Waals surface area (Å²) < 4.78 is 2.27. The molecule has 0 radical (unpaired) electrons. The average Bonchev–Trinajstić information content (AvgIpc) is 3.54. The lowest BCUT2D eigenvalue weighted by Crippen LogP contribution is -2.22. The molecule has 0 bridgehead atoms. The number of Topliss-reactive ketones (excluding diaryl/α,β-unsaturated/α-hetero) is 3. The Hall–Kier alpha value is -3.45. The number of pyridine rings is 1. The van der Waals surface area contributed by atoms with Gasteiger partial charge >= 0.3 is 0 Å². The molecule has 1 fully saturated rings. The van der Waals surface area contributed by atoms with Gasteiger partial charge in [-0.3, -0.25) is 19.4 Å². The maximum Gasteiger partial charge on any atom is 0.173 e. The van der Waals surface area contributed by atoms with Crippen LogP contribution in [0.15, 0.2) is 54.7 Å². The monoisotopic (exact) mass is 499 g/mol. The first-order valence-electron chi connectivity index (χ1n) is 12.5. The van der Waals surface area contributed by atoms with Crippen LogP contribution in [0.1, 0.15) is 88.1 Å². The second-order valence-corrected chi connectivity index (χ2v) is 10.6. The van der Waals surface area contributed by atoms with Gasteiger partial charge in [-0.25, -0.2) is 4.98 Å². The van der Waals surface area contributed by atoms with Crippen LogP contribution in [0.5, 0.6) is 0 Å². The van der Waals surface area contributed by atoms with Crippen LogP contribution in [0.2, 0.25) is 0 Å². The Balaban J connectivity index is 1.46. The van der Waals surface area contributed by atoms with Crippen LogP contribution >= 0.6 is 11.3 Å². The van der Waals surface area contributed by atoms with Crippen LogP contribution in [0.25, 0.3) is 22.6 Å². The molecule has 1 aliphatic carbocycles. The molecule has 1 saturated carbocycles. The fourth-order valence-electron chi connectivity index (χ4n) is 5.24. The first-order chi connectivity index (χ1) is 17.4. The maximum atomic E-state index is 13.0. The summed E-state index contributed by atoms with van der Waals surface area (Å²) >= 11 is 1.29.